The molecule has 7 rings (SSSR count). The van der Waals surface area contributed by atoms with Gasteiger partial charge in [-0.1, -0.05) is 42.5 Å². The predicted octanol–water partition coefficient (Wildman–Crippen LogP) is 8.36. The number of nitrogens with zero attached hydrogens (tertiary/aromatic N) is 4. The molecule has 1 saturated heterocycles. The number of H-pyrrole nitrogens is 1. The number of aryl methyl sites for hydroxylation is 1. The van der Waals surface area contributed by atoms with Crippen molar-refractivity contribution in [1.29, 1.82) is 0 Å². The molecule has 1 aliphatic carbocycles. The second-order valence-electron chi connectivity index (χ2n) is 17.8. The highest BCUT2D eigenvalue weighted by molar-refractivity contribution is 7.17. The first kappa shape index (κ1) is 39.6. The molecular weight excluding hydrogens is 733 g/mol. The Hall–Kier alpha value is -4.68. The van der Waals surface area contributed by atoms with Gasteiger partial charge in [0.25, 0.3) is 11.8 Å². The van der Waals surface area contributed by atoms with E-state index in [0.29, 0.717) is 36.4 Å². The fraction of sp³-hybridized carbons (Fsp3) is 0.476. The summed E-state index contributed by atoms with van der Waals surface area (Å²) >= 11 is 0. The van der Waals surface area contributed by atoms with Gasteiger partial charge in [-0.15, -0.1) is 0 Å². The van der Waals surface area contributed by atoms with Gasteiger partial charge in [0.15, 0.2) is 0 Å². The highest BCUT2D eigenvalue weighted by Crippen LogP contribution is 2.48. The molecule has 56 heavy (non-hydrogen) atoms. The lowest BCUT2D eigenvalue weighted by Gasteiger charge is -2.43. The number of aromatic amines is 1. The Morgan fingerprint density at radius 1 is 0.839 bits per heavy atom. The number of imide groups is 1. The van der Waals surface area contributed by atoms with Crippen LogP contribution in [0.1, 0.15) is 92.0 Å². The molecule has 2 aromatic heterocycles. The topological polar surface area (TPSA) is 144 Å². The van der Waals surface area contributed by atoms with Crippen molar-refractivity contribution >= 4 is 65.2 Å². The summed E-state index contributed by atoms with van der Waals surface area (Å²) < 4.78 is 36.6. The maximum atomic E-state index is 15.4. The van der Waals surface area contributed by atoms with Crippen molar-refractivity contribution in [2.45, 2.75) is 111 Å². The number of aromatic nitrogens is 2. The van der Waals surface area contributed by atoms with Crippen LogP contribution in [-0.4, -0.2) is 85.7 Å². The number of amides is 3. The average Bonchev–Trinajstić information content (AvgIpc) is 3.60. The smallest absolute Gasteiger partial charge is 0.410 e. The molecule has 0 bridgehead atoms. The van der Waals surface area contributed by atoms with Crippen molar-refractivity contribution in [2.75, 3.05) is 24.5 Å². The third-order valence-corrected chi connectivity index (χ3v) is 10.3. The van der Waals surface area contributed by atoms with E-state index in [1.54, 1.807) is 47.7 Å². The Bertz CT molecular complexity index is 2280. The zero-order valence-electron chi connectivity index (χ0n) is 33.7. The molecule has 1 N–H and O–H groups in total. The zero-order chi connectivity index (χ0) is 40.6. The lowest BCUT2D eigenvalue weighted by molar-refractivity contribution is -0.437. The van der Waals surface area contributed by atoms with Gasteiger partial charge in [0.2, 0.25) is 0 Å². The Kier molecular flexibility index (Phi) is 9.72. The highest BCUT2D eigenvalue weighted by atomic mass is 31.1. The Morgan fingerprint density at radius 3 is 2.11 bits per heavy atom. The summed E-state index contributed by atoms with van der Waals surface area (Å²) in [6.45, 7) is 19.3. The summed E-state index contributed by atoms with van der Waals surface area (Å²) in [5.41, 5.74) is -0.577. The zero-order valence-corrected chi connectivity index (χ0v) is 34.6. The van der Waals surface area contributed by atoms with Gasteiger partial charge in [-0.25, -0.2) is 18.9 Å². The second kappa shape index (κ2) is 13.8. The second-order valence-corrected chi connectivity index (χ2v) is 18.2. The molecule has 13 nitrogen and oxygen atoms in total. The predicted molar refractivity (Wildman–Crippen MR) is 214 cm³/mol. The molecule has 0 atom stereocenters. The Labute approximate surface area is 328 Å². The number of anilines is 1. The Morgan fingerprint density at radius 2 is 1.48 bits per heavy atom. The lowest BCUT2D eigenvalue weighted by atomic mass is 9.95. The number of nitrogens with one attached hydrogen (secondary N) is 1. The summed E-state index contributed by atoms with van der Waals surface area (Å²) in [5, 5.41) is 2.15. The molecule has 0 unspecified atom stereocenters. The fourth-order valence-corrected chi connectivity index (χ4v) is 7.91. The van der Waals surface area contributed by atoms with E-state index in [9.17, 15) is 9.36 Å². The van der Waals surface area contributed by atoms with Gasteiger partial charge in [0, 0.05) is 47.7 Å². The molecule has 0 radical (unpaired) electrons. The van der Waals surface area contributed by atoms with Gasteiger partial charge < -0.3 is 24.1 Å². The third kappa shape index (κ3) is 7.33. The fourth-order valence-electron chi connectivity index (χ4n) is 7.66. The minimum atomic E-state index is -2.55. The number of benzene rings is 2. The number of para-hydroxylation sites is 1. The van der Waals surface area contributed by atoms with Crippen LogP contribution in [-0.2, 0) is 32.9 Å². The van der Waals surface area contributed by atoms with Crippen LogP contribution in [0.5, 0.6) is 0 Å². The van der Waals surface area contributed by atoms with Crippen molar-refractivity contribution < 1.29 is 37.7 Å². The van der Waals surface area contributed by atoms with E-state index in [1.807, 2.05) is 81.1 Å². The van der Waals surface area contributed by atoms with Crippen molar-refractivity contribution in [3.63, 3.8) is 0 Å². The molecule has 4 heterocycles. The molecule has 1 saturated carbocycles. The monoisotopic (exact) mass is 783 g/mol. The van der Waals surface area contributed by atoms with E-state index in [1.165, 1.54) is 0 Å². The number of hydrogen-bond acceptors (Lipinski definition) is 10. The van der Waals surface area contributed by atoms with E-state index in [4.69, 9.17) is 23.7 Å². The van der Waals surface area contributed by atoms with Gasteiger partial charge >= 0.3 is 20.9 Å². The van der Waals surface area contributed by atoms with Crippen molar-refractivity contribution in [3.8, 4) is 0 Å². The molecular formula is C42H50N5O8P. The molecule has 2 aliphatic heterocycles. The molecule has 2 fully saturated rings. The van der Waals surface area contributed by atoms with Crippen LogP contribution >= 0.6 is 8.69 Å². The van der Waals surface area contributed by atoms with Gasteiger partial charge in [-0.2, -0.15) is 4.90 Å². The molecule has 296 valence electrons. The summed E-state index contributed by atoms with van der Waals surface area (Å²) in [4.78, 5) is 57.2. The summed E-state index contributed by atoms with van der Waals surface area (Å²) in [7, 11) is -0.887. The summed E-state index contributed by atoms with van der Waals surface area (Å²) in [6.07, 6.45) is 0.474. The van der Waals surface area contributed by atoms with Crippen LogP contribution in [0.25, 0.3) is 32.8 Å². The van der Waals surface area contributed by atoms with Crippen molar-refractivity contribution in [2.24, 2.45) is 0 Å². The Balaban J connectivity index is 1.43. The number of pyridine rings is 1. The molecule has 3 aliphatic rings. The maximum Gasteiger partial charge on any atom is 0.410 e. The third-order valence-electron chi connectivity index (χ3n) is 9.95. The van der Waals surface area contributed by atoms with Crippen LogP contribution in [0.2, 0.25) is 0 Å². The van der Waals surface area contributed by atoms with E-state index >= 15 is 9.59 Å². The van der Waals surface area contributed by atoms with Crippen LogP contribution < -0.4 is 4.90 Å². The normalized spacial score (nSPS) is 18.0. The number of hydrogen-bond donors (Lipinski definition) is 1. The first-order valence-corrected chi connectivity index (χ1v) is 19.7. The van der Waals surface area contributed by atoms with E-state index in [-0.39, 0.29) is 22.9 Å². The molecule has 14 heteroatoms. The average molecular weight is 784 g/mol. The SMILES string of the molecule is Cc1cccc2c(C3=C(c4nc(N5CCN(C(=O)OC(C)(C)C)C6(CC6)C5)cc5ccccc45)C(=O)N(C(OP=O)(OC(C)(C)C)OC(C)(C)C)C3=O)c[nH]c12. The van der Waals surface area contributed by atoms with Crippen molar-refractivity contribution in [1.82, 2.24) is 19.8 Å². The highest BCUT2D eigenvalue weighted by Gasteiger charge is 2.59. The summed E-state index contributed by atoms with van der Waals surface area (Å²) in [6, 6.07) is 15.3. The number of carbonyl (C=O) groups is 3. The molecule has 2 aromatic carbocycles. The molecule has 4 aromatic rings. The lowest BCUT2D eigenvalue weighted by Crippen LogP contribution is -2.61. The van der Waals surface area contributed by atoms with E-state index < -0.39 is 48.9 Å². The van der Waals surface area contributed by atoms with Gasteiger partial charge in [-0.05, 0) is 99.1 Å². The van der Waals surface area contributed by atoms with E-state index in [0.717, 1.165) is 39.6 Å². The van der Waals surface area contributed by atoms with Gasteiger partial charge in [0.1, 0.15) is 11.4 Å². The van der Waals surface area contributed by atoms with E-state index in [2.05, 4.69) is 9.88 Å². The number of fused-ring (bicyclic) bond motifs is 2. The van der Waals surface area contributed by atoms with Gasteiger partial charge in [-0.3, -0.25) is 14.5 Å². The first-order chi connectivity index (χ1) is 26.2. The minimum absolute atomic E-state index is 0.00883. The number of rotatable bonds is 8. The van der Waals surface area contributed by atoms with Crippen LogP contribution in [0.3, 0.4) is 0 Å². The quantitative estimate of drug-likeness (QED) is 0.105. The molecule has 1 spiro atoms. The largest absolute Gasteiger partial charge is 0.444 e. The number of ether oxygens (including phenoxy) is 3. The maximum absolute atomic E-state index is 15.4. The summed E-state index contributed by atoms with van der Waals surface area (Å²) in [5.74, 6) is -0.984. The van der Waals surface area contributed by atoms with Crippen LogP contribution in [0.4, 0.5) is 10.6 Å². The standard InChI is InChI=1S/C42H50N5O8P/c1-25-14-13-17-28-29(23-43-33(25)28)31-32(36(49)47(35(31)48)42(55-56-51,53-39(5,6)7)54-40(8,9)10)34-27-16-12-11-15-26(27)22-30(44-34)45-20-21-46(41(24-45)18-19-41)37(50)52-38(2,3)4/h11-17,22-23,43H,18-21,24H2,1-10H3. The number of carbonyl (C=O) groups excluding carboxylic acids is 3. The number of piperazine rings is 1. The van der Waals surface area contributed by atoms with Crippen LogP contribution in [0, 0.1) is 6.92 Å². The van der Waals surface area contributed by atoms with Crippen LogP contribution in [0.15, 0.2) is 54.7 Å². The van der Waals surface area contributed by atoms with Gasteiger partial charge in [0.05, 0.1) is 33.6 Å². The molecule has 3 amide bonds. The van der Waals surface area contributed by atoms with Crippen molar-refractivity contribution in [3.05, 3.63) is 71.5 Å². The first-order valence-electron chi connectivity index (χ1n) is 18.9. The minimum Gasteiger partial charge on any atom is -0.444 e.